The maximum absolute atomic E-state index is 12.3. The summed E-state index contributed by atoms with van der Waals surface area (Å²) in [6, 6.07) is 2.31. The van der Waals surface area contributed by atoms with Crippen molar-refractivity contribution in [1.82, 2.24) is 9.80 Å². The van der Waals surface area contributed by atoms with Gasteiger partial charge in [-0.25, -0.2) is 0 Å². The van der Waals surface area contributed by atoms with Gasteiger partial charge >= 0.3 is 0 Å². The van der Waals surface area contributed by atoms with E-state index in [2.05, 4.69) is 35.2 Å². The van der Waals surface area contributed by atoms with Gasteiger partial charge in [0, 0.05) is 31.1 Å². The molecule has 5 nitrogen and oxygen atoms in total. The van der Waals surface area contributed by atoms with E-state index in [1.807, 2.05) is 0 Å². The van der Waals surface area contributed by atoms with Crippen molar-refractivity contribution in [3.05, 3.63) is 16.0 Å². The number of anilines is 1. The Hall–Kier alpha value is -1.42. The average molecular weight is 332 g/mol. The molecule has 1 amide bonds. The van der Waals surface area contributed by atoms with Crippen molar-refractivity contribution in [2.45, 2.75) is 26.2 Å². The number of nitrogens with one attached hydrogen (secondary N) is 1. The van der Waals surface area contributed by atoms with Crippen LogP contribution in [0.15, 0.2) is 0 Å². The van der Waals surface area contributed by atoms with E-state index in [4.69, 9.17) is 0 Å². The van der Waals surface area contributed by atoms with Gasteiger partial charge in [0.05, 0.1) is 12.1 Å². The number of hydrogen-bond donors (Lipinski definition) is 1. The van der Waals surface area contributed by atoms with Crippen LogP contribution in [-0.2, 0) is 17.6 Å². The maximum atomic E-state index is 12.3. The second kappa shape index (κ2) is 7.00. The first kappa shape index (κ1) is 16.4. The summed E-state index contributed by atoms with van der Waals surface area (Å²) in [5, 5.41) is 13.2. The van der Waals surface area contributed by atoms with Crippen LogP contribution in [0.1, 0.15) is 29.3 Å². The van der Waals surface area contributed by atoms with Crippen LogP contribution in [0.25, 0.3) is 0 Å². The van der Waals surface area contributed by atoms with Gasteiger partial charge in [0.1, 0.15) is 11.1 Å². The molecular formula is C17H24N4OS. The first-order valence-corrected chi connectivity index (χ1v) is 9.14. The third-order valence-electron chi connectivity index (χ3n) is 4.84. The highest BCUT2D eigenvalue weighted by Crippen LogP contribution is 2.39. The molecular weight excluding hydrogens is 308 g/mol. The molecule has 0 bridgehead atoms. The quantitative estimate of drug-likeness (QED) is 0.919. The van der Waals surface area contributed by atoms with Gasteiger partial charge in [0.25, 0.3) is 0 Å². The van der Waals surface area contributed by atoms with Gasteiger partial charge in [0.2, 0.25) is 5.91 Å². The predicted octanol–water partition coefficient (Wildman–Crippen LogP) is 1.93. The lowest BCUT2D eigenvalue weighted by molar-refractivity contribution is -0.117. The van der Waals surface area contributed by atoms with E-state index in [1.54, 1.807) is 11.3 Å². The lowest BCUT2D eigenvalue weighted by Gasteiger charge is -2.31. The zero-order valence-corrected chi connectivity index (χ0v) is 14.7. The molecule has 23 heavy (non-hydrogen) atoms. The monoisotopic (exact) mass is 332 g/mol. The Morgan fingerprint density at radius 2 is 2.13 bits per heavy atom. The highest BCUT2D eigenvalue weighted by Gasteiger charge is 2.25. The van der Waals surface area contributed by atoms with Gasteiger partial charge in [-0.2, -0.15) is 5.26 Å². The van der Waals surface area contributed by atoms with E-state index in [0.717, 1.165) is 50.4 Å². The van der Waals surface area contributed by atoms with Crippen LogP contribution in [0.5, 0.6) is 0 Å². The smallest absolute Gasteiger partial charge is 0.239 e. The van der Waals surface area contributed by atoms with E-state index < -0.39 is 0 Å². The van der Waals surface area contributed by atoms with Crippen molar-refractivity contribution in [2.75, 3.05) is 45.1 Å². The summed E-state index contributed by atoms with van der Waals surface area (Å²) in [6.07, 6.45) is 3.13. The number of nitrogens with zero attached hydrogens (tertiary/aromatic N) is 3. The van der Waals surface area contributed by atoms with Crippen LogP contribution in [-0.4, -0.2) is 55.5 Å². The van der Waals surface area contributed by atoms with Crippen molar-refractivity contribution in [1.29, 1.82) is 5.26 Å². The molecule has 0 radical (unpaired) electrons. The molecule has 1 atom stereocenters. The first-order valence-electron chi connectivity index (χ1n) is 8.32. The zero-order chi connectivity index (χ0) is 16.4. The molecule has 124 valence electrons. The fraction of sp³-hybridized carbons (Fsp3) is 0.647. The van der Waals surface area contributed by atoms with E-state index in [1.165, 1.54) is 10.4 Å². The summed E-state index contributed by atoms with van der Waals surface area (Å²) in [5.41, 5.74) is 1.87. The SMILES string of the molecule is C[C@@H]1CCc2c(sc(NC(=O)CN3CCN(C)CC3)c2C#N)C1. The fourth-order valence-corrected chi connectivity index (χ4v) is 4.71. The highest BCUT2D eigenvalue weighted by atomic mass is 32.1. The minimum absolute atomic E-state index is 0.00213. The Morgan fingerprint density at radius 1 is 1.39 bits per heavy atom. The van der Waals surface area contributed by atoms with E-state index in [9.17, 15) is 10.1 Å². The molecule has 2 aliphatic rings. The number of hydrogen-bond acceptors (Lipinski definition) is 5. The molecule has 1 aliphatic heterocycles. The maximum Gasteiger partial charge on any atom is 0.239 e. The molecule has 1 aromatic heterocycles. The fourth-order valence-electron chi connectivity index (χ4n) is 3.33. The number of amides is 1. The highest BCUT2D eigenvalue weighted by molar-refractivity contribution is 7.16. The Bertz CT molecular complexity index is 625. The van der Waals surface area contributed by atoms with Crippen LogP contribution >= 0.6 is 11.3 Å². The topological polar surface area (TPSA) is 59.4 Å². The van der Waals surface area contributed by atoms with Crippen molar-refractivity contribution in [2.24, 2.45) is 5.92 Å². The number of thiophene rings is 1. The number of carbonyl (C=O) groups is 1. The Morgan fingerprint density at radius 3 is 2.83 bits per heavy atom. The molecule has 0 unspecified atom stereocenters. The van der Waals surface area contributed by atoms with Crippen LogP contribution in [0.4, 0.5) is 5.00 Å². The molecule has 1 saturated heterocycles. The summed E-state index contributed by atoms with van der Waals surface area (Å²) in [5.74, 6) is 0.666. The Balaban J connectivity index is 1.66. The summed E-state index contributed by atoms with van der Waals surface area (Å²) in [4.78, 5) is 18.1. The number of piperazine rings is 1. The van der Waals surface area contributed by atoms with E-state index in [0.29, 0.717) is 18.0 Å². The molecule has 1 N–H and O–H groups in total. The number of rotatable bonds is 3. The minimum atomic E-state index is -0.00213. The second-order valence-electron chi connectivity index (χ2n) is 6.80. The van der Waals surface area contributed by atoms with Gasteiger partial charge in [-0.3, -0.25) is 9.69 Å². The number of likely N-dealkylation sites (N-methyl/N-ethyl adjacent to an activating group) is 1. The van der Waals surface area contributed by atoms with Crippen molar-refractivity contribution in [3.63, 3.8) is 0 Å². The molecule has 6 heteroatoms. The Labute approximate surface area is 141 Å². The zero-order valence-electron chi connectivity index (χ0n) is 13.9. The van der Waals surface area contributed by atoms with Gasteiger partial charge in [-0.15, -0.1) is 11.3 Å². The van der Waals surface area contributed by atoms with Crippen LogP contribution < -0.4 is 5.32 Å². The van der Waals surface area contributed by atoms with Gasteiger partial charge in [-0.05, 0) is 37.8 Å². The number of nitriles is 1. The largest absolute Gasteiger partial charge is 0.315 e. The lowest BCUT2D eigenvalue weighted by Crippen LogP contribution is -2.47. The normalized spacial score (nSPS) is 22.4. The third kappa shape index (κ3) is 3.74. The summed E-state index contributed by atoms with van der Waals surface area (Å²) in [7, 11) is 2.10. The van der Waals surface area contributed by atoms with Crippen LogP contribution in [0.3, 0.4) is 0 Å². The first-order chi connectivity index (χ1) is 11.1. The summed E-state index contributed by atoms with van der Waals surface area (Å²) < 4.78 is 0. The molecule has 0 saturated carbocycles. The van der Waals surface area contributed by atoms with Crippen molar-refractivity contribution < 1.29 is 4.79 Å². The summed E-state index contributed by atoms with van der Waals surface area (Å²) >= 11 is 1.60. The standard InChI is InChI=1S/C17H24N4OS/c1-12-3-4-13-14(10-18)17(23-15(13)9-12)19-16(22)11-21-7-5-20(2)6-8-21/h12H,3-9,11H2,1-2H3,(H,19,22)/t12-/m1/s1. The predicted molar refractivity (Wildman–Crippen MR) is 92.8 cm³/mol. The van der Waals surface area contributed by atoms with E-state index in [-0.39, 0.29) is 5.91 Å². The van der Waals surface area contributed by atoms with Crippen LogP contribution in [0, 0.1) is 17.2 Å². The minimum Gasteiger partial charge on any atom is -0.315 e. The van der Waals surface area contributed by atoms with Gasteiger partial charge < -0.3 is 10.2 Å². The molecule has 2 heterocycles. The second-order valence-corrected chi connectivity index (χ2v) is 7.90. The van der Waals surface area contributed by atoms with Crippen LogP contribution in [0.2, 0.25) is 0 Å². The molecule has 1 aliphatic carbocycles. The molecule has 1 aromatic rings. The Kier molecular flexibility index (Phi) is 5.00. The molecule has 3 rings (SSSR count). The number of carbonyl (C=O) groups excluding carboxylic acids is 1. The van der Waals surface area contributed by atoms with Gasteiger partial charge in [0.15, 0.2) is 0 Å². The molecule has 0 aromatic carbocycles. The van der Waals surface area contributed by atoms with E-state index >= 15 is 0 Å². The van der Waals surface area contributed by atoms with Crippen molar-refractivity contribution in [3.8, 4) is 6.07 Å². The van der Waals surface area contributed by atoms with Gasteiger partial charge in [-0.1, -0.05) is 6.92 Å². The van der Waals surface area contributed by atoms with Crippen molar-refractivity contribution >= 4 is 22.2 Å². The number of fused-ring (bicyclic) bond motifs is 1. The third-order valence-corrected chi connectivity index (χ3v) is 6.01. The summed E-state index contributed by atoms with van der Waals surface area (Å²) in [6.45, 7) is 6.52. The molecule has 1 fully saturated rings. The average Bonchev–Trinajstić information content (AvgIpc) is 2.85. The molecule has 0 spiro atoms. The lowest BCUT2D eigenvalue weighted by atomic mass is 9.89.